The molecule has 0 radical (unpaired) electrons. The second-order valence-corrected chi connectivity index (χ2v) is 11.2. The number of carbonyl (C=O) groups excluding carboxylic acids is 1. The van der Waals surface area contributed by atoms with Crippen LogP contribution in [0.3, 0.4) is 0 Å². The molecule has 0 unspecified atom stereocenters. The van der Waals surface area contributed by atoms with Crippen molar-refractivity contribution >= 4 is 12.1 Å². The normalized spacial score (nSPS) is 16.7. The molecule has 0 aliphatic carbocycles. The van der Waals surface area contributed by atoms with Crippen LogP contribution in [0.25, 0.3) is 0 Å². The molecule has 2 aliphatic heterocycles. The van der Waals surface area contributed by atoms with Crippen LogP contribution in [0.15, 0.2) is 84.8 Å². The molecule has 0 aromatic rings. The molecule has 0 atom stereocenters. The number of methoxy groups -OCH3 is 1. The van der Waals surface area contributed by atoms with Crippen molar-refractivity contribution in [2.75, 3.05) is 59.9 Å². The van der Waals surface area contributed by atoms with E-state index >= 15 is 0 Å². The van der Waals surface area contributed by atoms with Crippen molar-refractivity contribution in [3.8, 4) is 0 Å². The van der Waals surface area contributed by atoms with Crippen molar-refractivity contribution < 1.29 is 42.1 Å². The predicted molar refractivity (Wildman–Crippen MR) is 188 cm³/mol. The van der Waals surface area contributed by atoms with E-state index in [1.807, 2.05) is 26.8 Å². The highest BCUT2D eigenvalue weighted by atomic mass is 19.2. The number of allylic oxidation sites excluding steroid dienone is 7. The number of ether oxygens (including phenoxy) is 3. The zero-order valence-corrected chi connectivity index (χ0v) is 30.2. The van der Waals surface area contributed by atoms with Crippen molar-refractivity contribution in [1.82, 2.24) is 9.80 Å². The third kappa shape index (κ3) is 17.4. The number of hydrogen-bond donors (Lipinski definition) is 1. The van der Waals surface area contributed by atoms with E-state index in [0.29, 0.717) is 42.5 Å². The first kappa shape index (κ1) is 46.4. The number of carboxylic acids is 1. The van der Waals surface area contributed by atoms with E-state index in [1.165, 1.54) is 24.3 Å². The van der Waals surface area contributed by atoms with Crippen molar-refractivity contribution in [3.05, 3.63) is 84.8 Å². The number of carbonyl (C=O) groups is 2. The molecule has 11 heteroatoms. The number of amides is 1. The van der Waals surface area contributed by atoms with Gasteiger partial charge in [0.25, 0.3) is 0 Å². The summed E-state index contributed by atoms with van der Waals surface area (Å²) < 4.78 is 54.0. The molecule has 0 aromatic carbocycles. The molecule has 1 spiro atoms. The summed E-state index contributed by atoms with van der Waals surface area (Å²) in [5.74, 6) is -0.701. The Hall–Kier alpha value is -3.73. The fourth-order valence-electron chi connectivity index (χ4n) is 4.53. The molecule has 2 heterocycles. The number of rotatable bonds is 15. The lowest BCUT2D eigenvalue weighted by atomic mass is 9.77. The fourth-order valence-corrected chi connectivity index (χ4v) is 4.53. The van der Waals surface area contributed by atoms with Crippen LogP contribution in [-0.2, 0) is 19.0 Å². The Morgan fingerprint density at radius 1 is 1.08 bits per heavy atom. The van der Waals surface area contributed by atoms with E-state index < -0.39 is 31.2 Å². The molecule has 0 aromatic heterocycles. The minimum atomic E-state index is -1.22. The summed E-state index contributed by atoms with van der Waals surface area (Å²) in [7, 11) is 1.37. The largest absolute Gasteiger partial charge is 0.504 e. The predicted octanol–water partition coefficient (Wildman–Crippen LogP) is 9.12. The Balaban J connectivity index is 0. The molecule has 2 fully saturated rings. The second kappa shape index (κ2) is 26.3. The average Bonchev–Trinajstić information content (AvgIpc) is 3.09. The number of cyclic esters (lactones) is 1. The number of aliphatic carboxylic acids is 1. The average molecular weight is 685 g/mol. The number of likely N-dealkylation sites (tertiary alicyclic amines) is 1. The summed E-state index contributed by atoms with van der Waals surface area (Å²) in [5.41, 5.74) is 1.31. The van der Waals surface area contributed by atoms with Gasteiger partial charge < -0.3 is 19.3 Å². The quantitative estimate of drug-likeness (QED) is 0.0797. The maximum absolute atomic E-state index is 13.3. The number of halogens is 3. The SMILES string of the molecule is C=C.C=C(CC/C(=C/OC)C(=O)O)N1CC2(CCN(C\C=C(C)/C(=C/C=C(/F)CF)CF)CC2)COC1=O.C=C(OCC)C(C)C.CC. The standard InChI is InChI=1S/C26H35F3N2O5.C7H14O.C2H6.C2H4/c1-19(21(14-27)6-7-23(29)15-28)8-11-30-12-9-26(10-13-30)17-31(25(34)36-18-26)20(2)4-5-22(16-35-3)24(32)33;1-5-8-7(4)6(2)3;2*1-2/h6-8,16H,2,4-5,9-15,17-18H2,1,3H3,(H,32,33);6H,4-5H2,1-3H3;1-2H3;1-2H2/b19-8-,21-6+,22-16-,23-7+;;;. The van der Waals surface area contributed by atoms with E-state index in [2.05, 4.69) is 45.1 Å². The van der Waals surface area contributed by atoms with Gasteiger partial charge in [-0.1, -0.05) is 53.0 Å². The molecule has 1 N–H and O–H groups in total. The molecule has 48 heavy (non-hydrogen) atoms. The van der Waals surface area contributed by atoms with Crippen LogP contribution in [0.2, 0.25) is 0 Å². The molecule has 2 saturated heterocycles. The third-order valence-corrected chi connectivity index (χ3v) is 7.60. The summed E-state index contributed by atoms with van der Waals surface area (Å²) in [5, 5.41) is 9.24. The second-order valence-electron chi connectivity index (χ2n) is 11.2. The summed E-state index contributed by atoms with van der Waals surface area (Å²) in [6.45, 7) is 27.1. The van der Waals surface area contributed by atoms with Crippen molar-refractivity contribution in [1.29, 1.82) is 0 Å². The maximum atomic E-state index is 13.3. The first-order valence-electron chi connectivity index (χ1n) is 16.3. The Morgan fingerprint density at radius 2 is 1.69 bits per heavy atom. The van der Waals surface area contributed by atoms with E-state index in [0.717, 1.165) is 44.4 Å². The zero-order chi connectivity index (χ0) is 37.3. The minimum absolute atomic E-state index is 0.0877. The van der Waals surface area contributed by atoms with Crippen LogP contribution < -0.4 is 0 Å². The van der Waals surface area contributed by atoms with Gasteiger partial charge in [0.05, 0.1) is 31.3 Å². The molecule has 8 nitrogen and oxygen atoms in total. The Labute approximate surface area is 287 Å². The smallest absolute Gasteiger partial charge is 0.414 e. The van der Waals surface area contributed by atoms with Gasteiger partial charge in [-0.15, -0.1) is 13.2 Å². The van der Waals surface area contributed by atoms with E-state index in [4.69, 9.17) is 14.2 Å². The highest BCUT2D eigenvalue weighted by molar-refractivity contribution is 5.86. The molecular weight excluding hydrogens is 625 g/mol. The lowest BCUT2D eigenvalue weighted by molar-refractivity contribution is -0.133. The number of nitrogens with zero attached hydrogens (tertiary/aromatic N) is 2. The van der Waals surface area contributed by atoms with Gasteiger partial charge in [0, 0.05) is 30.1 Å². The fraction of sp³-hybridized carbons (Fsp3) is 0.568. The third-order valence-electron chi connectivity index (χ3n) is 7.60. The van der Waals surface area contributed by atoms with Crippen LogP contribution in [0, 0.1) is 11.3 Å². The van der Waals surface area contributed by atoms with E-state index in [1.54, 1.807) is 6.92 Å². The molecule has 2 aliphatic rings. The lowest BCUT2D eigenvalue weighted by Crippen LogP contribution is -2.54. The zero-order valence-electron chi connectivity index (χ0n) is 30.2. The highest BCUT2D eigenvalue weighted by Gasteiger charge is 2.43. The molecule has 1 amide bonds. The molecule has 0 saturated carbocycles. The Kier molecular flexibility index (Phi) is 25.4. The number of piperidine rings is 1. The van der Waals surface area contributed by atoms with E-state index in [-0.39, 0.29) is 23.8 Å². The summed E-state index contributed by atoms with van der Waals surface area (Å²) in [6.07, 6.45) is 6.75. The minimum Gasteiger partial charge on any atom is -0.504 e. The summed E-state index contributed by atoms with van der Waals surface area (Å²) >= 11 is 0. The Morgan fingerprint density at radius 3 is 2.15 bits per heavy atom. The monoisotopic (exact) mass is 684 g/mol. The van der Waals surface area contributed by atoms with Gasteiger partial charge >= 0.3 is 12.1 Å². The van der Waals surface area contributed by atoms with Gasteiger partial charge in [0.2, 0.25) is 0 Å². The van der Waals surface area contributed by atoms with Crippen molar-refractivity contribution in [3.63, 3.8) is 0 Å². The number of hydrogen-bond acceptors (Lipinski definition) is 6. The highest BCUT2D eigenvalue weighted by Crippen LogP contribution is 2.37. The maximum Gasteiger partial charge on any atom is 0.414 e. The van der Waals surface area contributed by atoms with Crippen LogP contribution in [0.5, 0.6) is 0 Å². The van der Waals surface area contributed by atoms with Gasteiger partial charge in [-0.3, -0.25) is 9.80 Å². The van der Waals surface area contributed by atoms with Crippen molar-refractivity contribution in [2.24, 2.45) is 11.3 Å². The van der Waals surface area contributed by atoms with Gasteiger partial charge in [-0.2, -0.15) is 0 Å². The molecule has 2 rings (SSSR count). The van der Waals surface area contributed by atoms with Crippen LogP contribution in [-0.4, -0.2) is 86.8 Å². The van der Waals surface area contributed by atoms with Gasteiger partial charge in [-0.05, 0) is 69.8 Å². The molecule has 0 bridgehead atoms. The Bertz CT molecular complexity index is 1120. The van der Waals surface area contributed by atoms with Crippen molar-refractivity contribution in [2.45, 2.75) is 67.2 Å². The molecular formula is C37H59F3N2O6. The summed E-state index contributed by atoms with van der Waals surface area (Å²) in [6, 6.07) is 0. The first-order chi connectivity index (χ1) is 22.8. The van der Waals surface area contributed by atoms with Gasteiger partial charge in [0.1, 0.15) is 25.8 Å². The van der Waals surface area contributed by atoms with Gasteiger partial charge in [-0.25, -0.2) is 22.8 Å². The first-order valence-corrected chi connectivity index (χ1v) is 16.3. The van der Waals surface area contributed by atoms with E-state index in [9.17, 15) is 27.9 Å². The van der Waals surface area contributed by atoms with Crippen LogP contribution >= 0.6 is 0 Å². The number of alkyl halides is 2. The van der Waals surface area contributed by atoms with Gasteiger partial charge in [0.15, 0.2) is 0 Å². The van der Waals surface area contributed by atoms with Crippen LogP contribution in [0.4, 0.5) is 18.0 Å². The lowest BCUT2D eigenvalue weighted by Gasteiger charge is -2.47. The topological polar surface area (TPSA) is 88.5 Å². The summed E-state index contributed by atoms with van der Waals surface area (Å²) in [4.78, 5) is 27.4. The van der Waals surface area contributed by atoms with Crippen LogP contribution in [0.1, 0.15) is 67.2 Å². The number of carboxylic acid groups (broad SMARTS) is 1. The molecule has 274 valence electrons.